The molecule has 0 saturated carbocycles. The number of allylic oxidation sites excluding steroid dienone is 6. The molecule has 0 heterocycles. The van der Waals surface area contributed by atoms with Crippen molar-refractivity contribution in [3.05, 3.63) is 66.3 Å². The number of benzene rings is 1. The highest BCUT2D eigenvalue weighted by molar-refractivity contribution is 6.06. The zero-order chi connectivity index (χ0) is 12.1. The molecule has 1 aliphatic rings. The van der Waals surface area contributed by atoms with E-state index in [1.165, 1.54) is 12.1 Å². The highest BCUT2D eigenvalue weighted by atomic mass is 16.3. The second kappa shape index (κ2) is 5.30. The molecule has 1 N–H and O–H groups in total. The van der Waals surface area contributed by atoms with Crippen molar-refractivity contribution in [1.82, 2.24) is 0 Å². The van der Waals surface area contributed by atoms with Gasteiger partial charge in [0.1, 0.15) is 5.75 Å². The molecule has 2 heteroatoms. The molecule has 1 aromatic carbocycles. The van der Waals surface area contributed by atoms with Crippen LogP contribution < -0.4 is 0 Å². The van der Waals surface area contributed by atoms with Crippen LogP contribution in [0, 0.1) is 5.92 Å². The largest absolute Gasteiger partial charge is 0.507 e. The molecule has 1 aliphatic carbocycles. The second-order valence-corrected chi connectivity index (χ2v) is 3.95. The van der Waals surface area contributed by atoms with Crippen LogP contribution in [0.25, 0.3) is 0 Å². The van der Waals surface area contributed by atoms with Gasteiger partial charge in [-0.2, -0.15) is 0 Å². The number of hydrogen-bond acceptors (Lipinski definition) is 2. The van der Waals surface area contributed by atoms with Gasteiger partial charge in [-0.1, -0.05) is 42.5 Å². The second-order valence-electron chi connectivity index (χ2n) is 3.95. The van der Waals surface area contributed by atoms with E-state index in [-0.39, 0.29) is 17.5 Å². The number of carbonyl (C=O) groups excluding carboxylic acids is 1. The minimum Gasteiger partial charge on any atom is -0.507 e. The smallest absolute Gasteiger partial charge is 0.189 e. The molecule has 0 spiro atoms. The van der Waals surface area contributed by atoms with E-state index >= 15 is 0 Å². The molecule has 1 aromatic rings. The fourth-order valence-electron chi connectivity index (χ4n) is 1.73. The fourth-order valence-corrected chi connectivity index (χ4v) is 1.73. The van der Waals surface area contributed by atoms with Gasteiger partial charge in [0.15, 0.2) is 5.78 Å². The summed E-state index contributed by atoms with van der Waals surface area (Å²) in [7, 11) is 0. The van der Waals surface area contributed by atoms with Crippen molar-refractivity contribution in [2.75, 3.05) is 0 Å². The lowest BCUT2D eigenvalue weighted by molar-refractivity contribution is 0.104. The molecule has 0 aromatic heterocycles. The summed E-state index contributed by atoms with van der Waals surface area (Å²) >= 11 is 0. The van der Waals surface area contributed by atoms with Gasteiger partial charge in [0.05, 0.1) is 5.56 Å². The molecule has 0 radical (unpaired) electrons. The van der Waals surface area contributed by atoms with Crippen LogP contribution in [0.1, 0.15) is 16.8 Å². The van der Waals surface area contributed by atoms with E-state index < -0.39 is 0 Å². The zero-order valence-electron chi connectivity index (χ0n) is 9.41. The number of para-hydroxylation sites is 1. The summed E-state index contributed by atoms with van der Waals surface area (Å²) in [5, 5.41) is 9.54. The van der Waals surface area contributed by atoms with Crippen molar-refractivity contribution >= 4 is 5.78 Å². The quantitative estimate of drug-likeness (QED) is 0.634. The predicted molar refractivity (Wildman–Crippen MR) is 68.0 cm³/mol. The Morgan fingerprint density at radius 2 is 2.12 bits per heavy atom. The Morgan fingerprint density at radius 3 is 2.82 bits per heavy atom. The van der Waals surface area contributed by atoms with Gasteiger partial charge in [-0.25, -0.2) is 0 Å². The Labute approximate surface area is 101 Å². The van der Waals surface area contributed by atoms with Crippen molar-refractivity contribution < 1.29 is 9.90 Å². The van der Waals surface area contributed by atoms with Crippen LogP contribution in [-0.2, 0) is 0 Å². The molecule has 0 saturated heterocycles. The Kier molecular flexibility index (Phi) is 3.55. The lowest BCUT2D eigenvalue weighted by Crippen LogP contribution is -1.98. The van der Waals surface area contributed by atoms with Gasteiger partial charge < -0.3 is 5.11 Å². The third kappa shape index (κ3) is 2.94. The predicted octanol–water partition coefficient (Wildman–Crippen LogP) is 3.26. The number of aromatic hydroxyl groups is 1. The van der Waals surface area contributed by atoms with Crippen molar-refractivity contribution in [3.63, 3.8) is 0 Å². The van der Waals surface area contributed by atoms with Gasteiger partial charge in [-0.3, -0.25) is 4.79 Å². The van der Waals surface area contributed by atoms with Gasteiger partial charge in [-0.05, 0) is 30.5 Å². The van der Waals surface area contributed by atoms with Gasteiger partial charge in [-0.15, -0.1) is 0 Å². The monoisotopic (exact) mass is 226 g/mol. The highest BCUT2D eigenvalue weighted by Gasteiger charge is 2.07. The Balaban J connectivity index is 2.07. The van der Waals surface area contributed by atoms with Crippen LogP contribution in [0.4, 0.5) is 0 Å². The summed E-state index contributed by atoms with van der Waals surface area (Å²) in [6.07, 6.45) is 12.4. The summed E-state index contributed by atoms with van der Waals surface area (Å²) in [6.45, 7) is 0. The zero-order valence-corrected chi connectivity index (χ0v) is 9.41. The first-order valence-electron chi connectivity index (χ1n) is 5.61. The molecule has 86 valence electrons. The van der Waals surface area contributed by atoms with Crippen LogP contribution in [0.2, 0.25) is 0 Å². The average molecular weight is 226 g/mol. The lowest BCUT2D eigenvalue weighted by Gasteiger charge is -2.06. The summed E-state index contributed by atoms with van der Waals surface area (Å²) in [5.41, 5.74) is 0.346. The fraction of sp³-hybridized carbons (Fsp3) is 0.133. The molecule has 2 nitrogen and oxygen atoms in total. The first kappa shape index (κ1) is 11.4. The first-order valence-corrected chi connectivity index (χ1v) is 5.61. The number of phenolic OH excluding ortho intramolecular Hbond substituents is 1. The number of phenols is 1. The molecule has 17 heavy (non-hydrogen) atoms. The normalized spacial score (nSPS) is 18.7. The maximum absolute atomic E-state index is 11.8. The highest BCUT2D eigenvalue weighted by Crippen LogP contribution is 2.18. The maximum atomic E-state index is 11.8. The van der Waals surface area contributed by atoms with Crippen molar-refractivity contribution in [1.29, 1.82) is 0 Å². The van der Waals surface area contributed by atoms with Crippen molar-refractivity contribution in [3.8, 4) is 5.75 Å². The molecular formula is C15H14O2. The maximum Gasteiger partial charge on any atom is 0.189 e. The Hall–Kier alpha value is -2.09. The van der Waals surface area contributed by atoms with E-state index in [0.717, 1.165) is 6.42 Å². The molecule has 0 amide bonds. The molecule has 0 bridgehead atoms. The average Bonchev–Trinajstić information content (AvgIpc) is 2.38. The molecule has 0 fully saturated rings. The van der Waals surface area contributed by atoms with Crippen LogP contribution in [0.3, 0.4) is 0 Å². The van der Waals surface area contributed by atoms with Crippen LogP contribution in [0.15, 0.2) is 60.7 Å². The third-order valence-electron chi connectivity index (χ3n) is 2.68. The van der Waals surface area contributed by atoms with Crippen LogP contribution in [-0.4, -0.2) is 10.9 Å². The van der Waals surface area contributed by atoms with E-state index in [2.05, 4.69) is 12.2 Å². The summed E-state index contributed by atoms with van der Waals surface area (Å²) in [6, 6.07) is 6.58. The number of ketones is 1. The van der Waals surface area contributed by atoms with E-state index in [4.69, 9.17) is 0 Å². The first-order chi connectivity index (χ1) is 8.27. The van der Waals surface area contributed by atoms with Crippen molar-refractivity contribution in [2.24, 2.45) is 5.92 Å². The third-order valence-corrected chi connectivity index (χ3v) is 2.68. The Bertz CT molecular complexity index is 495. The molecule has 1 unspecified atom stereocenters. The lowest BCUT2D eigenvalue weighted by atomic mass is 9.99. The molecule has 1 atom stereocenters. The minimum absolute atomic E-state index is 0.0289. The van der Waals surface area contributed by atoms with Crippen LogP contribution >= 0.6 is 0 Å². The van der Waals surface area contributed by atoms with Gasteiger partial charge >= 0.3 is 0 Å². The van der Waals surface area contributed by atoms with Gasteiger partial charge in [0, 0.05) is 0 Å². The van der Waals surface area contributed by atoms with E-state index in [0.29, 0.717) is 5.56 Å². The SMILES string of the molecule is O=C(/C=C/C1C=CC=CC1)c1ccccc1O. The topological polar surface area (TPSA) is 37.3 Å². The number of carbonyl (C=O) groups is 1. The molecule has 0 aliphatic heterocycles. The summed E-state index contributed by atoms with van der Waals surface area (Å²) in [5.74, 6) is 0.141. The van der Waals surface area contributed by atoms with Gasteiger partial charge in [0.25, 0.3) is 0 Å². The van der Waals surface area contributed by atoms with E-state index in [1.54, 1.807) is 18.2 Å². The van der Waals surface area contributed by atoms with Gasteiger partial charge in [0.2, 0.25) is 0 Å². The summed E-state index contributed by atoms with van der Waals surface area (Å²) in [4.78, 5) is 11.8. The standard InChI is InChI=1S/C15H14O2/c16-14-9-5-4-8-13(14)15(17)11-10-12-6-2-1-3-7-12/h1-6,8-12,16H,7H2/b11-10+. The number of hydrogen-bond donors (Lipinski definition) is 1. The number of rotatable bonds is 3. The van der Waals surface area contributed by atoms with Crippen molar-refractivity contribution in [2.45, 2.75) is 6.42 Å². The minimum atomic E-state index is -0.161. The summed E-state index contributed by atoms with van der Waals surface area (Å²) < 4.78 is 0. The van der Waals surface area contributed by atoms with E-state index in [1.807, 2.05) is 18.2 Å². The molecule has 2 rings (SSSR count). The van der Waals surface area contributed by atoms with Crippen LogP contribution in [0.5, 0.6) is 5.75 Å². The molecular weight excluding hydrogens is 212 g/mol. The Morgan fingerprint density at radius 1 is 1.29 bits per heavy atom. The van der Waals surface area contributed by atoms with E-state index in [9.17, 15) is 9.90 Å².